The Hall–Kier alpha value is -2.41. The van der Waals surface area contributed by atoms with Crippen molar-refractivity contribution >= 4 is 10.8 Å². The Labute approximate surface area is 156 Å². The van der Waals surface area contributed by atoms with Gasteiger partial charge in [0.1, 0.15) is 0 Å². The topological polar surface area (TPSA) is 63.2 Å². The Bertz CT molecular complexity index is 750. The van der Waals surface area contributed by atoms with Crippen LogP contribution in [0.1, 0.15) is 11.1 Å². The fourth-order valence-electron chi connectivity index (χ4n) is 2.61. The maximum Gasteiger partial charge on any atom is 0.203 e. The molecule has 142 valence electrons. The first-order valence-corrected chi connectivity index (χ1v) is 9.39. The van der Waals surface area contributed by atoms with Crippen molar-refractivity contribution in [2.24, 2.45) is 0 Å². The molecule has 0 amide bonds. The van der Waals surface area contributed by atoms with E-state index < -0.39 is 10.8 Å². The van der Waals surface area contributed by atoms with Crippen molar-refractivity contribution in [1.82, 2.24) is 0 Å². The molecule has 0 bridgehead atoms. The molecule has 0 aliphatic carbocycles. The Morgan fingerprint density at radius 1 is 0.654 bits per heavy atom. The molecule has 0 heterocycles. The number of hydrogen-bond acceptors (Lipinski definition) is 6. The van der Waals surface area contributed by atoms with Crippen LogP contribution in [0.2, 0.25) is 0 Å². The van der Waals surface area contributed by atoms with Crippen LogP contribution in [-0.4, -0.2) is 39.8 Å². The molecule has 0 fully saturated rings. The Balaban J connectivity index is 2.17. The molecule has 1 unspecified atom stereocenters. The first kappa shape index (κ1) is 19.9. The first-order chi connectivity index (χ1) is 12.6. The highest BCUT2D eigenvalue weighted by atomic mass is 32.2. The van der Waals surface area contributed by atoms with Gasteiger partial charge in [0.25, 0.3) is 0 Å². The molecule has 0 spiro atoms. The van der Waals surface area contributed by atoms with E-state index in [2.05, 4.69) is 0 Å². The predicted octanol–water partition coefficient (Wildman–Crippen LogP) is 3.18. The van der Waals surface area contributed by atoms with E-state index in [0.717, 1.165) is 11.1 Å². The second kappa shape index (κ2) is 9.33. The zero-order valence-electron chi connectivity index (χ0n) is 15.7. The Morgan fingerprint density at radius 3 is 1.65 bits per heavy atom. The van der Waals surface area contributed by atoms with E-state index in [4.69, 9.17) is 23.7 Å². The minimum Gasteiger partial charge on any atom is -0.493 e. The summed E-state index contributed by atoms with van der Waals surface area (Å²) in [6.07, 6.45) is 0. The number of benzene rings is 2. The van der Waals surface area contributed by atoms with Crippen molar-refractivity contribution in [1.29, 1.82) is 0 Å². The minimum absolute atomic E-state index is 0.366. The largest absolute Gasteiger partial charge is 0.493 e. The van der Waals surface area contributed by atoms with Gasteiger partial charge in [-0.2, -0.15) is 0 Å². The van der Waals surface area contributed by atoms with Crippen LogP contribution in [0.25, 0.3) is 0 Å². The van der Waals surface area contributed by atoms with Gasteiger partial charge in [0, 0.05) is 22.3 Å². The van der Waals surface area contributed by atoms with Crippen LogP contribution in [0.5, 0.6) is 28.7 Å². The van der Waals surface area contributed by atoms with Crippen LogP contribution in [-0.2, 0) is 22.3 Å². The van der Waals surface area contributed by atoms with Crippen LogP contribution >= 0.6 is 0 Å². The molecular formula is C19H24O6S. The molecule has 0 aliphatic heterocycles. The van der Waals surface area contributed by atoms with Gasteiger partial charge in [-0.05, 0) is 35.4 Å². The summed E-state index contributed by atoms with van der Waals surface area (Å²) in [6, 6.07) is 9.16. The van der Waals surface area contributed by atoms with Gasteiger partial charge in [0.15, 0.2) is 23.0 Å². The zero-order chi connectivity index (χ0) is 19.1. The van der Waals surface area contributed by atoms with Gasteiger partial charge in [-0.15, -0.1) is 0 Å². The summed E-state index contributed by atoms with van der Waals surface area (Å²) in [5, 5.41) is 0. The fourth-order valence-corrected chi connectivity index (χ4v) is 3.80. The van der Waals surface area contributed by atoms with Crippen LogP contribution in [0.4, 0.5) is 0 Å². The van der Waals surface area contributed by atoms with Crippen molar-refractivity contribution in [2.45, 2.75) is 11.5 Å². The first-order valence-electron chi connectivity index (χ1n) is 7.91. The normalized spacial score (nSPS) is 11.6. The lowest BCUT2D eigenvalue weighted by atomic mass is 10.2. The molecule has 0 aliphatic rings. The van der Waals surface area contributed by atoms with Gasteiger partial charge >= 0.3 is 0 Å². The van der Waals surface area contributed by atoms with Gasteiger partial charge in [-0.25, -0.2) is 0 Å². The second-order valence-electron chi connectivity index (χ2n) is 5.45. The van der Waals surface area contributed by atoms with Crippen molar-refractivity contribution < 1.29 is 27.9 Å². The number of hydrogen-bond donors (Lipinski definition) is 0. The highest BCUT2D eigenvalue weighted by molar-refractivity contribution is 7.83. The lowest BCUT2D eigenvalue weighted by Crippen LogP contribution is -2.02. The minimum atomic E-state index is -1.12. The third-order valence-corrected chi connectivity index (χ3v) is 5.14. The van der Waals surface area contributed by atoms with Crippen LogP contribution in [0.15, 0.2) is 30.3 Å². The third-order valence-electron chi connectivity index (χ3n) is 3.83. The maximum absolute atomic E-state index is 12.6. The van der Waals surface area contributed by atoms with Crippen LogP contribution < -0.4 is 23.7 Å². The van der Waals surface area contributed by atoms with Crippen LogP contribution in [0.3, 0.4) is 0 Å². The monoisotopic (exact) mass is 380 g/mol. The summed E-state index contributed by atoms with van der Waals surface area (Å²) in [4.78, 5) is 0. The summed E-state index contributed by atoms with van der Waals surface area (Å²) in [7, 11) is 6.71. The average Bonchev–Trinajstić information content (AvgIpc) is 2.66. The van der Waals surface area contributed by atoms with Crippen molar-refractivity contribution in [3.63, 3.8) is 0 Å². The third kappa shape index (κ3) is 4.60. The van der Waals surface area contributed by atoms with Gasteiger partial charge in [-0.1, -0.05) is 6.07 Å². The molecule has 0 N–H and O–H groups in total. The van der Waals surface area contributed by atoms with Gasteiger partial charge in [-0.3, -0.25) is 4.21 Å². The van der Waals surface area contributed by atoms with Crippen molar-refractivity contribution in [3.8, 4) is 28.7 Å². The number of rotatable bonds is 9. The molecule has 0 saturated carbocycles. The van der Waals surface area contributed by atoms with Gasteiger partial charge < -0.3 is 23.7 Å². The molecule has 0 aromatic heterocycles. The predicted molar refractivity (Wildman–Crippen MR) is 101 cm³/mol. The molecule has 6 nitrogen and oxygen atoms in total. The quantitative estimate of drug-likeness (QED) is 0.666. The fraction of sp³-hybridized carbons (Fsp3) is 0.368. The molecule has 2 aromatic carbocycles. The van der Waals surface area contributed by atoms with E-state index in [9.17, 15) is 4.21 Å². The molecule has 26 heavy (non-hydrogen) atoms. The van der Waals surface area contributed by atoms with E-state index in [0.29, 0.717) is 40.3 Å². The van der Waals surface area contributed by atoms with Crippen molar-refractivity contribution in [2.75, 3.05) is 35.5 Å². The van der Waals surface area contributed by atoms with Crippen LogP contribution in [0, 0.1) is 0 Å². The summed E-state index contributed by atoms with van der Waals surface area (Å²) < 4.78 is 39.1. The summed E-state index contributed by atoms with van der Waals surface area (Å²) in [5.41, 5.74) is 1.76. The maximum atomic E-state index is 12.6. The van der Waals surface area contributed by atoms with E-state index in [-0.39, 0.29) is 0 Å². The Morgan fingerprint density at radius 2 is 1.15 bits per heavy atom. The van der Waals surface area contributed by atoms with E-state index in [1.54, 1.807) is 35.5 Å². The number of methoxy groups -OCH3 is 5. The lowest BCUT2D eigenvalue weighted by molar-refractivity contribution is 0.324. The molecule has 2 rings (SSSR count). The van der Waals surface area contributed by atoms with E-state index in [1.165, 1.54) is 0 Å². The molecular weight excluding hydrogens is 356 g/mol. The average molecular weight is 380 g/mol. The Kier molecular flexibility index (Phi) is 7.15. The molecule has 2 aromatic rings. The highest BCUT2D eigenvalue weighted by Crippen LogP contribution is 2.38. The SMILES string of the molecule is COc1ccc(CS(=O)Cc2cc(OC)c(OC)c(OC)c2)cc1OC. The lowest BCUT2D eigenvalue weighted by Gasteiger charge is -2.14. The molecule has 7 heteroatoms. The summed E-state index contributed by atoms with van der Waals surface area (Å²) in [5.74, 6) is 3.64. The second-order valence-corrected chi connectivity index (χ2v) is 6.91. The van der Waals surface area contributed by atoms with Gasteiger partial charge in [0.05, 0.1) is 35.5 Å². The smallest absolute Gasteiger partial charge is 0.203 e. The van der Waals surface area contributed by atoms with Crippen molar-refractivity contribution in [3.05, 3.63) is 41.5 Å². The van der Waals surface area contributed by atoms with Gasteiger partial charge in [0.2, 0.25) is 5.75 Å². The molecule has 0 saturated heterocycles. The number of ether oxygens (including phenoxy) is 5. The zero-order valence-corrected chi connectivity index (χ0v) is 16.5. The summed E-state index contributed by atoms with van der Waals surface area (Å²) in [6.45, 7) is 0. The van der Waals surface area contributed by atoms with E-state index >= 15 is 0 Å². The highest BCUT2D eigenvalue weighted by Gasteiger charge is 2.15. The molecule has 1 atom stereocenters. The van der Waals surface area contributed by atoms with E-state index in [1.807, 2.05) is 30.3 Å². The summed E-state index contributed by atoms with van der Waals surface area (Å²) >= 11 is 0. The standard InChI is InChI=1S/C19H24O6S/c1-21-15-7-6-13(8-16(15)22-2)11-26(20)12-14-9-17(23-3)19(25-5)18(10-14)24-4/h6-10H,11-12H2,1-5H3. The molecule has 0 radical (unpaired) electrons.